The second-order valence-electron chi connectivity index (χ2n) is 7.10. The van der Waals surface area contributed by atoms with Crippen LogP contribution in [0.15, 0.2) is 47.2 Å². The quantitative estimate of drug-likeness (QED) is 0.746. The number of methoxy groups -OCH3 is 1. The van der Waals surface area contributed by atoms with E-state index in [1.165, 1.54) is 5.19 Å². The van der Waals surface area contributed by atoms with Gasteiger partial charge in [0.25, 0.3) is 0 Å². The fourth-order valence-electron chi connectivity index (χ4n) is 2.98. The highest BCUT2D eigenvalue weighted by atomic mass is 28.3. The maximum absolute atomic E-state index is 5.27. The van der Waals surface area contributed by atoms with Crippen LogP contribution in [0.4, 0.5) is 0 Å². The van der Waals surface area contributed by atoms with E-state index in [0.717, 1.165) is 12.2 Å². The number of hydrogen-bond acceptors (Lipinski definition) is 1. The molecule has 108 valence electrons. The van der Waals surface area contributed by atoms with Crippen molar-refractivity contribution in [1.82, 2.24) is 0 Å². The molecule has 1 nitrogen and oxygen atoms in total. The molecule has 2 rings (SSSR count). The van der Waals surface area contributed by atoms with Gasteiger partial charge in [-0.1, -0.05) is 68.5 Å². The molecule has 0 fully saturated rings. The zero-order chi connectivity index (χ0) is 15.0. The van der Waals surface area contributed by atoms with Crippen LogP contribution in [0.25, 0.3) is 0 Å². The summed E-state index contributed by atoms with van der Waals surface area (Å²) in [7, 11) is 0.128. The fraction of sp³-hybridized carbons (Fsp3) is 0.444. The molecule has 0 aliphatic heterocycles. The lowest BCUT2D eigenvalue weighted by molar-refractivity contribution is 0.415. The lowest BCUT2D eigenvalue weighted by atomic mass is 9.87. The van der Waals surface area contributed by atoms with Crippen LogP contribution in [0.1, 0.15) is 27.2 Å². The Kier molecular flexibility index (Phi) is 3.97. The van der Waals surface area contributed by atoms with Crippen molar-refractivity contribution in [3.8, 4) is 5.75 Å². The van der Waals surface area contributed by atoms with E-state index in [4.69, 9.17) is 4.74 Å². The van der Waals surface area contributed by atoms with Crippen molar-refractivity contribution in [2.24, 2.45) is 5.41 Å². The van der Waals surface area contributed by atoms with E-state index in [-0.39, 0.29) is 5.41 Å². The number of rotatable bonds is 3. The van der Waals surface area contributed by atoms with E-state index in [9.17, 15) is 0 Å². The van der Waals surface area contributed by atoms with Gasteiger partial charge in [0.2, 0.25) is 0 Å². The van der Waals surface area contributed by atoms with Crippen LogP contribution in [-0.4, -0.2) is 15.2 Å². The van der Waals surface area contributed by atoms with Crippen molar-refractivity contribution < 1.29 is 4.74 Å². The lowest BCUT2D eigenvalue weighted by Crippen LogP contribution is -2.44. The number of hydrogen-bond donors (Lipinski definition) is 0. The minimum atomic E-state index is -1.59. The molecule has 1 aliphatic carbocycles. The molecule has 0 bridgehead atoms. The van der Waals surface area contributed by atoms with Gasteiger partial charge in [0.05, 0.1) is 7.11 Å². The second kappa shape index (κ2) is 5.25. The molecule has 0 saturated carbocycles. The van der Waals surface area contributed by atoms with Gasteiger partial charge in [0.15, 0.2) is 0 Å². The van der Waals surface area contributed by atoms with E-state index < -0.39 is 8.07 Å². The highest BCUT2D eigenvalue weighted by Gasteiger charge is 2.34. The minimum Gasteiger partial charge on any atom is -0.497 e. The first-order chi connectivity index (χ1) is 9.26. The molecule has 2 heteroatoms. The smallest absolute Gasteiger partial charge is 0.118 e. The molecule has 0 saturated heterocycles. The summed E-state index contributed by atoms with van der Waals surface area (Å²) in [4.78, 5) is 0. The molecule has 1 aromatic rings. The Hall–Kier alpha value is -1.28. The van der Waals surface area contributed by atoms with E-state index >= 15 is 0 Å². The summed E-state index contributed by atoms with van der Waals surface area (Å²) in [6, 6.07) is 8.67. The van der Waals surface area contributed by atoms with E-state index in [1.54, 1.807) is 17.9 Å². The summed E-state index contributed by atoms with van der Waals surface area (Å²) < 4.78 is 5.27. The van der Waals surface area contributed by atoms with Crippen LogP contribution in [0.2, 0.25) is 13.1 Å². The van der Waals surface area contributed by atoms with Crippen molar-refractivity contribution >= 4 is 13.3 Å². The Labute approximate surface area is 124 Å². The maximum atomic E-state index is 5.27. The predicted octanol–water partition coefficient (Wildman–Crippen LogP) is 4.45. The molecule has 0 aromatic heterocycles. The predicted molar refractivity (Wildman–Crippen MR) is 90.3 cm³/mol. The summed E-state index contributed by atoms with van der Waals surface area (Å²) in [5.41, 5.74) is 1.78. The fourth-order valence-corrected chi connectivity index (χ4v) is 6.09. The Morgan fingerprint density at radius 1 is 1.05 bits per heavy atom. The Bertz CT molecular complexity index is 542. The zero-order valence-corrected chi connectivity index (χ0v) is 14.6. The van der Waals surface area contributed by atoms with Gasteiger partial charge in [-0.15, -0.1) is 0 Å². The zero-order valence-electron chi connectivity index (χ0n) is 13.6. The number of allylic oxidation sites excluding steroid dienone is 4. The van der Waals surface area contributed by atoms with Crippen molar-refractivity contribution in [2.75, 3.05) is 7.11 Å². The van der Waals surface area contributed by atoms with Crippen molar-refractivity contribution in [3.63, 3.8) is 0 Å². The van der Waals surface area contributed by atoms with E-state index in [2.05, 4.69) is 70.3 Å². The van der Waals surface area contributed by atoms with E-state index in [0.29, 0.717) is 0 Å². The highest BCUT2D eigenvalue weighted by molar-refractivity contribution is 6.95. The van der Waals surface area contributed by atoms with Gasteiger partial charge < -0.3 is 4.74 Å². The van der Waals surface area contributed by atoms with Crippen LogP contribution in [0.3, 0.4) is 0 Å². The van der Waals surface area contributed by atoms with Crippen molar-refractivity contribution in [2.45, 2.75) is 40.3 Å². The monoisotopic (exact) mass is 286 g/mol. The van der Waals surface area contributed by atoms with Crippen LogP contribution in [0.5, 0.6) is 5.75 Å². The molecule has 0 unspecified atom stereocenters. The summed E-state index contributed by atoms with van der Waals surface area (Å²) >= 11 is 0. The van der Waals surface area contributed by atoms with Gasteiger partial charge in [-0.2, -0.15) is 0 Å². The minimum absolute atomic E-state index is 0.235. The third-order valence-electron chi connectivity index (χ3n) is 4.31. The number of ether oxygens (including phenoxy) is 1. The highest BCUT2D eigenvalue weighted by Crippen LogP contribution is 2.38. The first-order valence-corrected chi connectivity index (χ1v) is 10.3. The topological polar surface area (TPSA) is 9.23 Å². The molecule has 0 amide bonds. The Morgan fingerprint density at radius 2 is 1.65 bits per heavy atom. The third kappa shape index (κ3) is 2.75. The molecule has 1 aliphatic rings. The molecule has 20 heavy (non-hydrogen) atoms. The van der Waals surface area contributed by atoms with Gasteiger partial charge in [0.1, 0.15) is 13.8 Å². The molecular formula is C18H26OSi. The van der Waals surface area contributed by atoms with Gasteiger partial charge in [0, 0.05) is 0 Å². The molecule has 0 radical (unpaired) electrons. The van der Waals surface area contributed by atoms with Crippen LogP contribution >= 0.6 is 0 Å². The molecule has 0 N–H and O–H groups in total. The van der Waals surface area contributed by atoms with Gasteiger partial charge in [-0.3, -0.25) is 0 Å². The molecule has 0 spiro atoms. The van der Waals surface area contributed by atoms with Crippen molar-refractivity contribution in [3.05, 3.63) is 47.2 Å². The largest absolute Gasteiger partial charge is 0.497 e. The average molecular weight is 286 g/mol. The molecule has 0 heterocycles. The molecule has 0 atom stereocenters. The standard InChI is InChI=1S/C18H26OSi/c1-18(2,3)16-8-7-9-17(16)20(5,6)15-12-10-14(19-4)11-13-15/h7-8,10-13H,9H2,1-6H3. The Morgan fingerprint density at radius 3 is 2.15 bits per heavy atom. The molecular weight excluding hydrogens is 260 g/mol. The van der Waals surface area contributed by atoms with Crippen LogP contribution < -0.4 is 9.92 Å². The average Bonchev–Trinajstić information content (AvgIpc) is 2.88. The van der Waals surface area contributed by atoms with Gasteiger partial charge in [-0.05, 0) is 29.5 Å². The summed E-state index contributed by atoms with van der Waals surface area (Å²) in [6.45, 7) is 11.9. The normalized spacial score (nSPS) is 15.9. The first-order valence-electron chi connectivity index (χ1n) is 7.32. The third-order valence-corrected chi connectivity index (χ3v) is 8.06. The van der Waals surface area contributed by atoms with Crippen LogP contribution in [-0.2, 0) is 0 Å². The second-order valence-corrected chi connectivity index (χ2v) is 11.5. The molecule has 1 aromatic carbocycles. The van der Waals surface area contributed by atoms with Crippen LogP contribution in [0, 0.1) is 5.41 Å². The summed E-state index contributed by atoms with van der Waals surface area (Å²) in [5, 5.41) is 3.16. The summed E-state index contributed by atoms with van der Waals surface area (Å²) in [5.74, 6) is 0.938. The Balaban J connectivity index is 2.43. The summed E-state index contributed by atoms with van der Waals surface area (Å²) in [6.07, 6.45) is 5.79. The SMILES string of the molecule is COc1ccc([Si](C)(C)C2=C(C(C)(C)C)C=CC2)cc1. The number of benzene rings is 1. The van der Waals surface area contributed by atoms with E-state index in [1.807, 2.05) is 0 Å². The lowest BCUT2D eigenvalue weighted by Gasteiger charge is -2.31. The van der Waals surface area contributed by atoms with Gasteiger partial charge in [-0.25, -0.2) is 0 Å². The van der Waals surface area contributed by atoms with Gasteiger partial charge >= 0.3 is 0 Å². The maximum Gasteiger partial charge on any atom is 0.118 e. The first kappa shape index (κ1) is 15.1. The van der Waals surface area contributed by atoms with Crippen molar-refractivity contribution in [1.29, 1.82) is 0 Å².